The van der Waals surface area contributed by atoms with Gasteiger partial charge in [-0.15, -0.1) is 0 Å². The van der Waals surface area contributed by atoms with Crippen molar-refractivity contribution in [2.45, 2.75) is 32.2 Å². The summed E-state index contributed by atoms with van der Waals surface area (Å²) in [4.78, 5) is 6.41. The second-order valence-corrected chi connectivity index (χ2v) is 5.24. The minimum absolute atomic E-state index is 0.000376. The summed E-state index contributed by atoms with van der Waals surface area (Å²) < 4.78 is 5.76. The highest BCUT2D eigenvalue weighted by Gasteiger charge is 2.33. The number of morpholine rings is 1. The maximum absolute atomic E-state index is 9.28. The lowest BCUT2D eigenvalue weighted by Crippen LogP contribution is -2.54. The monoisotopic (exact) mass is 252 g/mol. The maximum atomic E-state index is 9.28. The van der Waals surface area contributed by atoms with Gasteiger partial charge in [0.05, 0.1) is 24.9 Å². The smallest absolute Gasteiger partial charge is 0.129 e. The van der Waals surface area contributed by atoms with E-state index in [1.54, 1.807) is 12.3 Å². The third kappa shape index (κ3) is 2.98. The molecule has 0 saturated carbocycles. The number of pyridine rings is 1. The van der Waals surface area contributed by atoms with Crippen molar-refractivity contribution in [1.82, 2.24) is 4.98 Å². The van der Waals surface area contributed by atoms with Crippen LogP contribution in [0.5, 0.6) is 0 Å². The van der Waals surface area contributed by atoms with Crippen LogP contribution in [-0.2, 0) is 11.3 Å². The summed E-state index contributed by atoms with van der Waals surface area (Å²) in [6, 6.07) is 3.66. The molecule has 100 valence electrons. The van der Waals surface area contributed by atoms with Gasteiger partial charge in [-0.1, -0.05) is 0 Å². The largest absolute Gasteiger partial charge is 0.394 e. The Balaban J connectivity index is 2.20. The molecule has 1 aliphatic heterocycles. The van der Waals surface area contributed by atoms with Gasteiger partial charge in [0.1, 0.15) is 5.82 Å². The molecular formula is C13H20N2O3. The van der Waals surface area contributed by atoms with Crippen LogP contribution in [0.2, 0.25) is 0 Å². The van der Waals surface area contributed by atoms with Crippen molar-refractivity contribution >= 4 is 5.82 Å². The van der Waals surface area contributed by atoms with Crippen molar-refractivity contribution in [1.29, 1.82) is 0 Å². The zero-order chi connectivity index (χ0) is 13.2. The number of rotatable bonds is 3. The Kier molecular flexibility index (Phi) is 3.85. The van der Waals surface area contributed by atoms with Gasteiger partial charge in [-0.2, -0.15) is 0 Å². The highest BCUT2D eigenvalue weighted by molar-refractivity contribution is 5.42. The highest BCUT2D eigenvalue weighted by atomic mass is 16.5. The van der Waals surface area contributed by atoms with Crippen molar-refractivity contribution in [3.63, 3.8) is 0 Å². The van der Waals surface area contributed by atoms with Gasteiger partial charge in [-0.05, 0) is 31.5 Å². The molecule has 0 spiro atoms. The Hall–Kier alpha value is -1.17. The topological polar surface area (TPSA) is 65.8 Å². The quantitative estimate of drug-likeness (QED) is 0.822. The zero-order valence-corrected chi connectivity index (χ0v) is 10.8. The van der Waals surface area contributed by atoms with Crippen LogP contribution in [-0.4, -0.2) is 46.6 Å². The molecule has 1 saturated heterocycles. The van der Waals surface area contributed by atoms with Gasteiger partial charge in [-0.3, -0.25) is 0 Å². The molecule has 2 N–H and O–H groups in total. The van der Waals surface area contributed by atoms with E-state index in [-0.39, 0.29) is 24.9 Å². The number of anilines is 1. The molecular weight excluding hydrogens is 232 g/mol. The summed E-state index contributed by atoms with van der Waals surface area (Å²) in [6.07, 6.45) is 1.49. The molecule has 5 nitrogen and oxygen atoms in total. The first-order chi connectivity index (χ1) is 8.54. The number of nitrogens with zero attached hydrogens (tertiary/aromatic N) is 2. The van der Waals surface area contributed by atoms with Gasteiger partial charge in [0.2, 0.25) is 0 Å². The average molecular weight is 252 g/mol. The van der Waals surface area contributed by atoms with Crippen molar-refractivity contribution in [2.75, 3.05) is 24.6 Å². The van der Waals surface area contributed by atoms with Crippen molar-refractivity contribution in [3.8, 4) is 0 Å². The standard InChI is InChI=1S/C13H20N2O3/c1-13(2)9-15(6-11(8-17)18-13)12-5-10(7-16)3-4-14-12/h3-5,11,16-17H,6-9H2,1-2H3. The SMILES string of the molecule is CC1(C)CN(c2cc(CO)ccn2)CC(CO)O1. The fourth-order valence-electron chi connectivity index (χ4n) is 2.30. The molecule has 0 radical (unpaired) electrons. The summed E-state index contributed by atoms with van der Waals surface area (Å²) >= 11 is 0. The number of ether oxygens (including phenoxy) is 1. The molecule has 1 aromatic rings. The molecule has 1 aromatic heterocycles. The van der Waals surface area contributed by atoms with E-state index in [4.69, 9.17) is 9.84 Å². The fraction of sp³-hybridized carbons (Fsp3) is 0.615. The summed E-state index contributed by atoms with van der Waals surface area (Å²) in [5, 5.41) is 18.4. The summed E-state index contributed by atoms with van der Waals surface area (Å²) in [6.45, 7) is 5.33. The molecule has 0 amide bonds. The summed E-state index contributed by atoms with van der Waals surface area (Å²) in [5.74, 6) is 0.816. The van der Waals surface area contributed by atoms with Gasteiger partial charge < -0.3 is 19.8 Å². The Bertz CT molecular complexity index is 409. The highest BCUT2D eigenvalue weighted by Crippen LogP contribution is 2.25. The van der Waals surface area contributed by atoms with Crippen LogP contribution < -0.4 is 4.90 Å². The van der Waals surface area contributed by atoms with Crippen LogP contribution in [0.15, 0.2) is 18.3 Å². The molecule has 1 unspecified atom stereocenters. The molecule has 1 aliphatic rings. The summed E-state index contributed by atoms with van der Waals surface area (Å²) in [5.41, 5.74) is 0.521. The molecule has 2 heterocycles. The van der Waals surface area contributed by atoms with E-state index in [0.29, 0.717) is 13.1 Å². The van der Waals surface area contributed by atoms with Crippen LogP contribution in [0.25, 0.3) is 0 Å². The lowest BCUT2D eigenvalue weighted by molar-refractivity contribution is -0.101. The minimum Gasteiger partial charge on any atom is -0.394 e. The Morgan fingerprint density at radius 1 is 1.50 bits per heavy atom. The van der Waals surface area contributed by atoms with Crippen LogP contribution >= 0.6 is 0 Å². The summed E-state index contributed by atoms with van der Waals surface area (Å²) in [7, 11) is 0. The van der Waals surface area contributed by atoms with Crippen molar-refractivity contribution < 1.29 is 14.9 Å². The lowest BCUT2D eigenvalue weighted by atomic mass is 10.1. The average Bonchev–Trinajstić information content (AvgIpc) is 2.37. The van der Waals surface area contributed by atoms with Gasteiger partial charge in [0, 0.05) is 19.3 Å². The molecule has 0 bridgehead atoms. The fourth-order valence-corrected chi connectivity index (χ4v) is 2.30. The molecule has 1 fully saturated rings. The predicted octanol–water partition coefficient (Wildman–Crippen LogP) is 0.550. The molecule has 1 atom stereocenters. The van der Waals surface area contributed by atoms with E-state index in [1.165, 1.54) is 0 Å². The first-order valence-corrected chi connectivity index (χ1v) is 6.13. The zero-order valence-electron chi connectivity index (χ0n) is 10.8. The Morgan fingerprint density at radius 2 is 2.28 bits per heavy atom. The van der Waals surface area contributed by atoms with Crippen molar-refractivity contribution in [2.24, 2.45) is 0 Å². The lowest BCUT2D eigenvalue weighted by Gasteiger charge is -2.42. The van der Waals surface area contributed by atoms with Gasteiger partial charge in [0.15, 0.2) is 0 Å². The van der Waals surface area contributed by atoms with E-state index in [1.807, 2.05) is 19.9 Å². The van der Waals surface area contributed by atoms with E-state index < -0.39 is 0 Å². The minimum atomic E-state index is -0.317. The molecule has 18 heavy (non-hydrogen) atoms. The third-order valence-corrected chi connectivity index (χ3v) is 3.00. The Labute approximate surface area is 107 Å². The molecule has 0 aromatic carbocycles. The van der Waals surface area contributed by atoms with E-state index in [0.717, 1.165) is 11.4 Å². The number of hydrogen-bond donors (Lipinski definition) is 2. The number of aromatic nitrogens is 1. The normalized spacial score (nSPS) is 23.1. The Morgan fingerprint density at radius 3 is 2.94 bits per heavy atom. The second kappa shape index (κ2) is 5.22. The predicted molar refractivity (Wildman–Crippen MR) is 68.4 cm³/mol. The van der Waals surface area contributed by atoms with Crippen LogP contribution in [0.3, 0.4) is 0 Å². The van der Waals surface area contributed by atoms with E-state index >= 15 is 0 Å². The first kappa shape index (κ1) is 13.3. The molecule has 5 heteroatoms. The number of aliphatic hydroxyl groups is 2. The van der Waals surface area contributed by atoms with Crippen LogP contribution in [0.4, 0.5) is 5.82 Å². The van der Waals surface area contributed by atoms with Gasteiger partial charge >= 0.3 is 0 Å². The number of hydrogen-bond acceptors (Lipinski definition) is 5. The van der Waals surface area contributed by atoms with Crippen LogP contribution in [0, 0.1) is 0 Å². The van der Waals surface area contributed by atoms with E-state index in [2.05, 4.69) is 9.88 Å². The van der Waals surface area contributed by atoms with E-state index in [9.17, 15) is 5.11 Å². The van der Waals surface area contributed by atoms with Crippen molar-refractivity contribution in [3.05, 3.63) is 23.9 Å². The van der Waals surface area contributed by atoms with Gasteiger partial charge in [-0.25, -0.2) is 4.98 Å². The maximum Gasteiger partial charge on any atom is 0.129 e. The second-order valence-electron chi connectivity index (χ2n) is 5.24. The van der Waals surface area contributed by atoms with Crippen LogP contribution in [0.1, 0.15) is 19.4 Å². The van der Waals surface area contributed by atoms with Gasteiger partial charge in [0.25, 0.3) is 0 Å². The number of aliphatic hydroxyl groups excluding tert-OH is 2. The first-order valence-electron chi connectivity index (χ1n) is 6.13. The molecule has 0 aliphatic carbocycles. The molecule has 2 rings (SSSR count). The third-order valence-electron chi connectivity index (χ3n) is 3.00.